The minimum Gasteiger partial charge on any atom is -0.383 e. The van der Waals surface area contributed by atoms with Crippen molar-refractivity contribution in [3.8, 4) is 11.1 Å². The number of hydrogen-bond donors (Lipinski definition) is 1. The van der Waals surface area contributed by atoms with Crippen LogP contribution < -0.4 is 0 Å². The van der Waals surface area contributed by atoms with Crippen LogP contribution in [0.4, 0.5) is 0 Å². The molecule has 0 spiro atoms. The fourth-order valence-electron chi connectivity index (χ4n) is 3.34. The topological polar surface area (TPSA) is 57.6 Å². The Kier molecular flexibility index (Phi) is 4.97. The first kappa shape index (κ1) is 18.3. The number of amides is 2. The second-order valence-corrected chi connectivity index (χ2v) is 7.94. The maximum Gasteiger partial charge on any atom is 0.258 e. The smallest absolute Gasteiger partial charge is 0.258 e. The highest BCUT2D eigenvalue weighted by molar-refractivity contribution is 6.01. The lowest BCUT2D eigenvalue weighted by atomic mass is 9.93. The molecule has 2 aromatic carbocycles. The van der Waals surface area contributed by atoms with Crippen molar-refractivity contribution in [2.24, 2.45) is 5.41 Å². The highest BCUT2D eigenvalue weighted by atomic mass is 16.3. The van der Waals surface area contributed by atoms with Gasteiger partial charge < -0.3 is 5.11 Å². The predicted molar refractivity (Wildman–Crippen MR) is 101 cm³/mol. The summed E-state index contributed by atoms with van der Waals surface area (Å²) in [6.07, 6.45) is -0.240. The van der Waals surface area contributed by atoms with Crippen molar-refractivity contribution in [3.63, 3.8) is 0 Å². The van der Waals surface area contributed by atoms with Gasteiger partial charge in [0.15, 0.2) is 0 Å². The number of carbonyl (C=O) groups excluding carboxylic acids is 2. The lowest BCUT2D eigenvalue weighted by Crippen LogP contribution is -2.46. The first-order valence-electron chi connectivity index (χ1n) is 8.97. The molecule has 1 N–H and O–H groups in total. The molecule has 1 unspecified atom stereocenters. The molecule has 0 bridgehead atoms. The molecule has 0 radical (unpaired) electrons. The van der Waals surface area contributed by atoms with E-state index in [1.807, 2.05) is 42.5 Å². The number of aliphatic hydroxyl groups is 1. The molecule has 0 aliphatic carbocycles. The molecule has 2 aromatic rings. The van der Waals surface area contributed by atoms with E-state index in [1.165, 1.54) is 4.90 Å². The van der Waals surface area contributed by atoms with Crippen molar-refractivity contribution in [2.45, 2.75) is 45.8 Å². The summed E-state index contributed by atoms with van der Waals surface area (Å²) < 4.78 is 0. The third kappa shape index (κ3) is 3.70. The van der Waals surface area contributed by atoms with Gasteiger partial charge in [0.25, 0.3) is 5.91 Å². The Morgan fingerprint density at radius 3 is 2.19 bits per heavy atom. The lowest BCUT2D eigenvalue weighted by Gasteiger charge is -2.29. The Morgan fingerprint density at radius 2 is 1.62 bits per heavy atom. The monoisotopic (exact) mass is 351 g/mol. The molecule has 1 fully saturated rings. The largest absolute Gasteiger partial charge is 0.383 e. The number of likely N-dealkylation sites (tertiary alicyclic amines) is 1. The van der Waals surface area contributed by atoms with Crippen molar-refractivity contribution in [3.05, 3.63) is 60.2 Å². The molecule has 1 heterocycles. The van der Waals surface area contributed by atoms with Gasteiger partial charge >= 0.3 is 0 Å². The van der Waals surface area contributed by atoms with Crippen molar-refractivity contribution >= 4 is 11.8 Å². The number of carbonyl (C=O) groups is 2. The van der Waals surface area contributed by atoms with Gasteiger partial charge in [-0.1, -0.05) is 75.4 Å². The number of nitrogens with zero attached hydrogens (tertiary/aromatic N) is 1. The van der Waals surface area contributed by atoms with Crippen molar-refractivity contribution < 1.29 is 14.7 Å². The van der Waals surface area contributed by atoms with Crippen LogP contribution in [0.3, 0.4) is 0 Å². The molecule has 136 valence electrons. The van der Waals surface area contributed by atoms with E-state index < -0.39 is 17.4 Å². The van der Waals surface area contributed by atoms with Crippen LogP contribution in [0.5, 0.6) is 0 Å². The summed E-state index contributed by atoms with van der Waals surface area (Å²) in [7, 11) is 0. The summed E-state index contributed by atoms with van der Waals surface area (Å²) in [6, 6.07) is 18.0. The summed E-state index contributed by atoms with van der Waals surface area (Å²) in [5.41, 5.74) is 2.66. The molecule has 3 rings (SSSR count). The predicted octanol–water partition coefficient (Wildman–Crippen LogP) is 3.43. The minimum atomic E-state index is -1.09. The Bertz CT molecular complexity index is 790. The second-order valence-electron chi connectivity index (χ2n) is 7.94. The molecule has 4 nitrogen and oxygen atoms in total. The van der Waals surface area contributed by atoms with Crippen molar-refractivity contribution in [1.82, 2.24) is 4.90 Å². The molecule has 2 amide bonds. The zero-order valence-electron chi connectivity index (χ0n) is 15.5. The normalized spacial score (nSPS) is 20.5. The van der Waals surface area contributed by atoms with Gasteiger partial charge in [-0.2, -0.15) is 0 Å². The second kappa shape index (κ2) is 7.04. The number of hydrogen-bond acceptors (Lipinski definition) is 3. The van der Waals surface area contributed by atoms with Gasteiger partial charge in [0.05, 0.1) is 0 Å². The Labute approximate surface area is 154 Å². The molecule has 26 heavy (non-hydrogen) atoms. The van der Waals surface area contributed by atoms with E-state index in [1.54, 1.807) is 20.8 Å². The van der Waals surface area contributed by atoms with Gasteiger partial charge in [-0.25, -0.2) is 0 Å². The Morgan fingerprint density at radius 1 is 1.04 bits per heavy atom. The number of aliphatic hydroxyl groups excluding tert-OH is 1. The molecule has 1 aliphatic rings. The zero-order chi connectivity index (χ0) is 18.9. The highest BCUT2D eigenvalue weighted by Crippen LogP contribution is 2.29. The number of rotatable bonds is 3. The average molecular weight is 351 g/mol. The Hall–Kier alpha value is -2.46. The fraction of sp³-hybridized carbons (Fsp3) is 0.364. The molecule has 1 saturated heterocycles. The summed E-state index contributed by atoms with van der Waals surface area (Å²) in [4.78, 5) is 26.2. The zero-order valence-corrected chi connectivity index (χ0v) is 15.5. The molecule has 0 saturated carbocycles. The van der Waals surface area contributed by atoms with E-state index in [9.17, 15) is 14.7 Å². The number of imide groups is 1. The van der Waals surface area contributed by atoms with Gasteiger partial charge in [-0.3, -0.25) is 14.5 Å². The van der Waals surface area contributed by atoms with E-state index in [0.29, 0.717) is 12.8 Å². The molecule has 2 atom stereocenters. The standard InChI is InChI=1S/C22H25NO3/c1-22(2,3)21(26)23-18(14-19(24)20(23)25)13-15-9-11-17(12-10-15)16-7-5-4-6-8-16/h4-12,18-19,24H,13-14H2,1-3H3/t18?,19-/m1/s1. The van der Waals surface area contributed by atoms with Gasteiger partial charge in [0, 0.05) is 17.9 Å². The van der Waals surface area contributed by atoms with E-state index in [2.05, 4.69) is 12.1 Å². The SMILES string of the molecule is CC(C)(C)C(=O)N1C(=O)[C@H](O)CC1Cc1ccc(-c2ccccc2)cc1. The van der Waals surface area contributed by atoms with Gasteiger partial charge in [0.1, 0.15) is 6.10 Å². The maximum absolute atomic E-state index is 12.7. The highest BCUT2D eigenvalue weighted by Gasteiger charge is 2.45. The van der Waals surface area contributed by atoms with E-state index >= 15 is 0 Å². The van der Waals surface area contributed by atoms with Gasteiger partial charge in [-0.05, 0) is 23.1 Å². The molecular weight excluding hydrogens is 326 g/mol. The summed E-state index contributed by atoms with van der Waals surface area (Å²) >= 11 is 0. The summed E-state index contributed by atoms with van der Waals surface area (Å²) in [6.45, 7) is 5.37. The van der Waals surface area contributed by atoms with Crippen LogP contribution in [0.1, 0.15) is 32.8 Å². The van der Waals surface area contributed by atoms with Crippen LogP contribution in [-0.4, -0.2) is 34.0 Å². The van der Waals surface area contributed by atoms with Crippen LogP contribution in [0.2, 0.25) is 0 Å². The van der Waals surface area contributed by atoms with Crippen LogP contribution in [0.25, 0.3) is 11.1 Å². The molecular formula is C22H25NO3. The lowest BCUT2D eigenvalue weighted by molar-refractivity contribution is -0.151. The first-order valence-corrected chi connectivity index (χ1v) is 8.97. The Balaban J connectivity index is 1.79. The third-order valence-corrected chi connectivity index (χ3v) is 4.78. The van der Waals surface area contributed by atoms with E-state index in [4.69, 9.17) is 0 Å². The van der Waals surface area contributed by atoms with Crippen LogP contribution >= 0.6 is 0 Å². The summed E-state index contributed by atoms with van der Waals surface area (Å²) in [5.74, 6) is -0.708. The average Bonchev–Trinajstić information content (AvgIpc) is 2.88. The summed E-state index contributed by atoms with van der Waals surface area (Å²) in [5, 5.41) is 9.98. The van der Waals surface area contributed by atoms with Crippen LogP contribution in [-0.2, 0) is 16.0 Å². The quantitative estimate of drug-likeness (QED) is 0.922. The number of benzene rings is 2. The molecule has 1 aliphatic heterocycles. The maximum atomic E-state index is 12.7. The van der Waals surface area contributed by atoms with Gasteiger partial charge in [-0.15, -0.1) is 0 Å². The fourth-order valence-corrected chi connectivity index (χ4v) is 3.34. The third-order valence-electron chi connectivity index (χ3n) is 4.78. The van der Waals surface area contributed by atoms with Gasteiger partial charge in [0.2, 0.25) is 5.91 Å². The molecule has 4 heteroatoms. The molecule has 0 aromatic heterocycles. The van der Waals surface area contributed by atoms with Crippen LogP contribution in [0.15, 0.2) is 54.6 Å². The van der Waals surface area contributed by atoms with E-state index in [-0.39, 0.29) is 11.9 Å². The minimum absolute atomic E-state index is 0.232. The van der Waals surface area contributed by atoms with E-state index in [0.717, 1.165) is 16.7 Å². The van der Waals surface area contributed by atoms with Crippen molar-refractivity contribution in [1.29, 1.82) is 0 Å². The van der Waals surface area contributed by atoms with Crippen LogP contribution in [0, 0.1) is 5.41 Å². The van der Waals surface area contributed by atoms with Crippen molar-refractivity contribution in [2.75, 3.05) is 0 Å². The first-order chi connectivity index (χ1) is 12.3.